The molecule has 13 rings (SSSR count). The van der Waals surface area contributed by atoms with Crippen LogP contribution in [-0.4, -0.2) is 0 Å². The van der Waals surface area contributed by atoms with E-state index in [1.165, 1.54) is 44.5 Å². The summed E-state index contributed by atoms with van der Waals surface area (Å²) in [7, 11) is 0. The Kier molecular flexibility index (Phi) is 8.78. The van der Waals surface area contributed by atoms with Crippen molar-refractivity contribution in [2.24, 2.45) is 0 Å². The lowest BCUT2D eigenvalue weighted by Gasteiger charge is -2.40. The van der Waals surface area contributed by atoms with Crippen LogP contribution in [0.3, 0.4) is 0 Å². The normalized spacial score (nSPS) is 13.9. The lowest BCUT2D eigenvalue weighted by molar-refractivity contribution is 0.436. The molecule has 10 aromatic rings. The van der Waals surface area contributed by atoms with Crippen molar-refractivity contribution >= 4 is 34.1 Å². The van der Waals surface area contributed by atoms with E-state index in [2.05, 4.69) is 266 Å². The summed E-state index contributed by atoms with van der Waals surface area (Å²) in [5.41, 5.74) is 20.5. The van der Waals surface area contributed by atoms with Gasteiger partial charge in [0.25, 0.3) is 0 Å². The van der Waals surface area contributed by atoms with Gasteiger partial charge >= 0.3 is 0 Å². The molecule has 0 unspecified atom stereocenters. The second-order valence-electron chi connectivity index (χ2n) is 18.4. The van der Waals surface area contributed by atoms with E-state index in [1.807, 2.05) is 0 Å². The number of rotatable bonds is 7. The summed E-state index contributed by atoms with van der Waals surface area (Å²) in [6.07, 6.45) is 0. The van der Waals surface area contributed by atoms with Crippen molar-refractivity contribution < 1.29 is 4.74 Å². The molecule has 3 aliphatic rings. The van der Waals surface area contributed by atoms with Gasteiger partial charge in [-0.15, -0.1) is 0 Å². The van der Waals surface area contributed by atoms with E-state index < -0.39 is 5.41 Å². The second kappa shape index (κ2) is 15.1. The summed E-state index contributed by atoms with van der Waals surface area (Å²) >= 11 is 0. The summed E-state index contributed by atoms with van der Waals surface area (Å²) in [6, 6.07) is 88.5. The van der Waals surface area contributed by atoms with Gasteiger partial charge in [-0.3, -0.25) is 0 Å². The van der Waals surface area contributed by atoms with Crippen LogP contribution in [0.15, 0.2) is 243 Å². The number of ether oxygens (including phenoxy) is 1. The van der Waals surface area contributed by atoms with Crippen LogP contribution < -0.4 is 14.5 Å². The van der Waals surface area contributed by atoms with Gasteiger partial charge in [0, 0.05) is 56.6 Å². The lowest BCUT2D eigenvalue weighted by atomic mass is 9.65. The fraction of sp³-hybridized carbons (Fsp3) is 0.0625. The van der Waals surface area contributed by atoms with Gasteiger partial charge in [0.2, 0.25) is 0 Å². The lowest BCUT2D eigenvalue weighted by Crippen LogP contribution is -2.32. The van der Waals surface area contributed by atoms with Crippen LogP contribution in [0.1, 0.15) is 47.2 Å². The van der Waals surface area contributed by atoms with Crippen molar-refractivity contribution in [3.63, 3.8) is 0 Å². The topological polar surface area (TPSA) is 15.7 Å². The molecule has 0 saturated heterocycles. The van der Waals surface area contributed by atoms with Gasteiger partial charge in [-0.25, -0.2) is 0 Å². The zero-order chi connectivity index (χ0) is 44.7. The van der Waals surface area contributed by atoms with Crippen molar-refractivity contribution in [1.29, 1.82) is 0 Å². The summed E-state index contributed by atoms with van der Waals surface area (Å²) in [5.74, 6) is 1.71. The Morgan fingerprint density at radius 3 is 1.34 bits per heavy atom. The molecule has 10 aromatic carbocycles. The molecule has 1 aliphatic heterocycles. The monoisotopic (exact) mass is 858 g/mol. The molecule has 0 aromatic heterocycles. The molecule has 1 heterocycles. The van der Waals surface area contributed by atoms with Crippen LogP contribution in [-0.2, 0) is 10.8 Å². The zero-order valence-corrected chi connectivity index (χ0v) is 37.4. The molecule has 3 nitrogen and oxygen atoms in total. The molecule has 67 heavy (non-hydrogen) atoms. The number of nitrogens with zero attached hydrogens (tertiary/aromatic N) is 2. The predicted molar refractivity (Wildman–Crippen MR) is 276 cm³/mol. The van der Waals surface area contributed by atoms with Crippen molar-refractivity contribution in [1.82, 2.24) is 0 Å². The first-order valence-corrected chi connectivity index (χ1v) is 23.3. The van der Waals surface area contributed by atoms with E-state index in [4.69, 9.17) is 4.74 Å². The number of para-hydroxylation sites is 4. The first-order chi connectivity index (χ1) is 33.0. The third-order valence-corrected chi connectivity index (χ3v) is 14.5. The van der Waals surface area contributed by atoms with Gasteiger partial charge in [0.05, 0.1) is 11.1 Å². The summed E-state index contributed by atoms with van der Waals surface area (Å²) in [6.45, 7) is 4.72. The van der Waals surface area contributed by atoms with E-state index in [1.54, 1.807) is 0 Å². The number of benzene rings is 10. The van der Waals surface area contributed by atoms with Crippen LogP contribution in [0.25, 0.3) is 33.4 Å². The molecular weight excluding hydrogens is 813 g/mol. The Hall–Kier alpha value is -8.40. The van der Waals surface area contributed by atoms with Crippen LogP contribution in [0.2, 0.25) is 0 Å². The maximum Gasteiger partial charge on any atom is 0.134 e. The smallest absolute Gasteiger partial charge is 0.134 e. The van der Waals surface area contributed by atoms with Crippen molar-refractivity contribution in [2.45, 2.75) is 24.7 Å². The molecule has 318 valence electrons. The van der Waals surface area contributed by atoms with Gasteiger partial charge in [0.15, 0.2) is 0 Å². The van der Waals surface area contributed by atoms with Crippen molar-refractivity contribution in [3.8, 4) is 44.9 Å². The van der Waals surface area contributed by atoms with Gasteiger partial charge in [0.1, 0.15) is 11.5 Å². The minimum absolute atomic E-state index is 0.176. The molecule has 0 fully saturated rings. The molecule has 0 radical (unpaired) electrons. The maximum atomic E-state index is 7.21. The minimum Gasteiger partial charge on any atom is -0.457 e. The Bertz CT molecular complexity index is 3440. The van der Waals surface area contributed by atoms with E-state index in [0.717, 1.165) is 67.9 Å². The highest BCUT2D eigenvalue weighted by atomic mass is 16.5. The second-order valence-corrected chi connectivity index (χ2v) is 18.4. The van der Waals surface area contributed by atoms with Crippen LogP contribution in [0.5, 0.6) is 11.5 Å². The summed E-state index contributed by atoms with van der Waals surface area (Å²) < 4.78 is 7.21. The molecule has 1 spiro atoms. The molecule has 3 heteroatoms. The predicted octanol–water partition coefficient (Wildman–Crippen LogP) is 17.1. The Labute approximate surface area is 392 Å². The van der Waals surface area contributed by atoms with Gasteiger partial charge in [-0.05, 0) is 123 Å². The molecule has 0 amide bonds. The quantitative estimate of drug-likeness (QED) is 0.159. The summed E-state index contributed by atoms with van der Waals surface area (Å²) in [5, 5.41) is 0. The molecule has 0 saturated carbocycles. The first kappa shape index (κ1) is 39.0. The average molecular weight is 859 g/mol. The standard InChI is InChI=1S/C64H46N2O/c1-63(2)54-29-15-12-26-49(54)52-39-38-48(40-58(52)63)66(46-24-10-5-11-25-46)60-42-62-59(41-53(60)43-34-36-47(37-35-43)65(44-20-6-3-7-21-44)45-22-8-4-9-23-45)64(57-32-18-19-33-61(57)67-62)55-30-16-13-27-50(55)51-28-14-17-31-56(51)64/h3-42H,1-2H3. The van der Waals surface area contributed by atoms with Crippen LogP contribution in [0.4, 0.5) is 34.1 Å². The number of hydrogen-bond donors (Lipinski definition) is 0. The number of hydrogen-bond acceptors (Lipinski definition) is 3. The van der Waals surface area contributed by atoms with Crippen LogP contribution >= 0.6 is 0 Å². The van der Waals surface area contributed by atoms with Gasteiger partial charge < -0.3 is 14.5 Å². The highest BCUT2D eigenvalue weighted by molar-refractivity contribution is 5.95. The van der Waals surface area contributed by atoms with Crippen molar-refractivity contribution in [2.75, 3.05) is 9.80 Å². The van der Waals surface area contributed by atoms with Crippen LogP contribution in [0, 0.1) is 0 Å². The van der Waals surface area contributed by atoms with E-state index in [-0.39, 0.29) is 5.41 Å². The Morgan fingerprint density at radius 2 is 0.746 bits per heavy atom. The van der Waals surface area contributed by atoms with Crippen molar-refractivity contribution in [3.05, 3.63) is 276 Å². The highest BCUT2D eigenvalue weighted by Gasteiger charge is 2.51. The molecule has 2 aliphatic carbocycles. The number of anilines is 6. The molecule has 0 atom stereocenters. The van der Waals surface area contributed by atoms with Gasteiger partial charge in [-0.1, -0.05) is 178 Å². The van der Waals surface area contributed by atoms with E-state index in [0.29, 0.717) is 0 Å². The molecular formula is C64H46N2O. The minimum atomic E-state index is -0.622. The zero-order valence-electron chi connectivity index (χ0n) is 37.4. The third kappa shape index (κ3) is 5.84. The van der Waals surface area contributed by atoms with E-state index >= 15 is 0 Å². The maximum absolute atomic E-state index is 7.21. The first-order valence-electron chi connectivity index (χ1n) is 23.3. The van der Waals surface area contributed by atoms with E-state index in [9.17, 15) is 0 Å². The van der Waals surface area contributed by atoms with Gasteiger partial charge in [-0.2, -0.15) is 0 Å². The average Bonchev–Trinajstić information content (AvgIpc) is 3.80. The fourth-order valence-corrected chi connectivity index (χ4v) is 11.5. The Balaban J connectivity index is 1.08. The molecule has 0 bridgehead atoms. The largest absolute Gasteiger partial charge is 0.457 e. The summed E-state index contributed by atoms with van der Waals surface area (Å²) in [4.78, 5) is 4.76. The fourth-order valence-electron chi connectivity index (χ4n) is 11.5. The third-order valence-electron chi connectivity index (χ3n) is 14.5. The molecule has 0 N–H and O–H groups in total. The number of fused-ring (bicyclic) bond motifs is 12. The Morgan fingerprint density at radius 1 is 0.299 bits per heavy atom. The highest BCUT2D eigenvalue weighted by Crippen LogP contribution is 2.63. The SMILES string of the molecule is CC1(C)c2ccccc2-c2ccc(N(c3ccccc3)c3cc4c(cc3-c3ccc(N(c5ccccc5)c5ccccc5)cc3)C3(c5ccccc5O4)c4ccccc4-c4ccccc43)cc21.